The van der Waals surface area contributed by atoms with Crippen LogP contribution in [0.15, 0.2) is 18.2 Å². The van der Waals surface area contributed by atoms with Crippen LogP contribution in [0.5, 0.6) is 0 Å². The number of anilines is 1. The number of aliphatic hydroxyl groups is 1. The predicted octanol–water partition coefficient (Wildman–Crippen LogP) is 2.46. The van der Waals surface area contributed by atoms with E-state index in [0.29, 0.717) is 24.4 Å². The number of carbonyl (C=O) groups is 2. The lowest BCUT2D eigenvalue weighted by Gasteiger charge is -2.22. The van der Waals surface area contributed by atoms with Crippen molar-refractivity contribution >= 4 is 17.5 Å². The van der Waals surface area contributed by atoms with Crippen molar-refractivity contribution in [1.82, 2.24) is 5.32 Å². The summed E-state index contributed by atoms with van der Waals surface area (Å²) < 4.78 is 13.6. The molecule has 2 saturated carbocycles. The second-order valence-corrected chi connectivity index (χ2v) is 7.11. The average molecular weight is 334 g/mol. The van der Waals surface area contributed by atoms with Crippen LogP contribution in [0.4, 0.5) is 10.1 Å². The fourth-order valence-corrected chi connectivity index (χ4v) is 3.28. The molecule has 6 heteroatoms. The van der Waals surface area contributed by atoms with Gasteiger partial charge < -0.3 is 15.7 Å². The standard InChI is InChI=1S/C18H23FN2O3/c1-11-8-13(11)17(23)21-15-5-4-12(19)9-14(15)16(22)20-10-18(24)6-2-3-7-18/h4-5,9,11,13,24H,2-3,6-8,10H2,1H3,(H,20,22)(H,21,23). The minimum Gasteiger partial charge on any atom is -0.388 e. The molecule has 0 bridgehead atoms. The van der Waals surface area contributed by atoms with E-state index in [0.717, 1.165) is 25.3 Å². The first-order chi connectivity index (χ1) is 11.4. The van der Waals surface area contributed by atoms with Gasteiger partial charge in [-0.05, 0) is 43.4 Å². The maximum atomic E-state index is 13.6. The summed E-state index contributed by atoms with van der Waals surface area (Å²) in [6, 6.07) is 3.73. The molecule has 2 atom stereocenters. The molecule has 0 spiro atoms. The Morgan fingerprint density at radius 1 is 1.33 bits per heavy atom. The zero-order valence-corrected chi connectivity index (χ0v) is 13.8. The third-order valence-electron chi connectivity index (χ3n) is 5.04. The number of rotatable bonds is 5. The van der Waals surface area contributed by atoms with Crippen molar-refractivity contribution in [2.24, 2.45) is 11.8 Å². The summed E-state index contributed by atoms with van der Waals surface area (Å²) in [5.74, 6) is -0.867. The van der Waals surface area contributed by atoms with Gasteiger partial charge in [-0.2, -0.15) is 0 Å². The number of halogens is 1. The van der Waals surface area contributed by atoms with Crippen molar-refractivity contribution in [3.63, 3.8) is 0 Å². The quantitative estimate of drug-likeness (QED) is 0.774. The Morgan fingerprint density at radius 2 is 2.00 bits per heavy atom. The lowest BCUT2D eigenvalue weighted by atomic mass is 10.0. The molecule has 0 heterocycles. The van der Waals surface area contributed by atoms with Crippen molar-refractivity contribution in [2.75, 3.05) is 11.9 Å². The van der Waals surface area contributed by atoms with Crippen LogP contribution < -0.4 is 10.6 Å². The molecule has 0 aromatic heterocycles. The Labute approximate surface area is 140 Å². The van der Waals surface area contributed by atoms with Gasteiger partial charge in [0.25, 0.3) is 5.91 Å². The van der Waals surface area contributed by atoms with Crippen molar-refractivity contribution in [1.29, 1.82) is 0 Å². The predicted molar refractivity (Wildman–Crippen MR) is 88.1 cm³/mol. The summed E-state index contributed by atoms with van der Waals surface area (Å²) in [5, 5.41) is 15.7. The van der Waals surface area contributed by atoms with Crippen LogP contribution in [-0.2, 0) is 4.79 Å². The van der Waals surface area contributed by atoms with E-state index < -0.39 is 17.3 Å². The molecule has 0 aliphatic heterocycles. The first kappa shape index (κ1) is 16.9. The van der Waals surface area contributed by atoms with E-state index in [4.69, 9.17) is 0 Å². The maximum absolute atomic E-state index is 13.6. The van der Waals surface area contributed by atoms with Gasteiger partial charge in [-0.15, -0.1) is 0 Å². The van der Waals surface area contributed by atoms with Crippen LogP contribution >= 0.6 is 0 Å². The van der Waals surface area contributed by atoms with Gasteiger partial charge in [0.2, 0.25) is 5.91 Å². The molecule has 130 valence electrons. The summed E-state index contributed by atoms with van der Waals surface area (Å²) >= 11 is 0. The monoisotopic (exact) mass is 334 g/mol. The third kappa shape index (κ3) is 3.75. The van der Waals surface area contributed by atoms with E-state index in [9.17, 15) is 19.1 Å². The van der Waals surface area contributed by atoms with Crippen molar-refractivity contribution in [3.05, 3.63) is 29.6 Å². The van der Waals surface area contributed by atoms with E-state index in [-0.39, 0.29) is 23.9 Å². The summed E-state index contributed by atoms with van der Waals surface area (Å²) in [6.45, 7) is 2.13. The highest BCUT2D eigenvalue weighted by Crippen LogP contribution is 2.38. The Balaban J connectivity index is 1.69. The smallest absolute Gasteiger partial charge is 0.253 e. The molecule has 2 fully saturated rings. The molecule has 3 N–H and O–H groups in total. The summed E-state index contributed by atoms with van der Waals surface area (Å²) in [4.78, 5) is 24.5. The Morgan fingerprint density at radius 3 is 2.62 bits per heavy atom. The van der Waals surface area contributed by atoms with Crippen LogP contribution in [-0.4, -0.2) is 29.1 Å². The van der Waals surface area contributed by atoms with Crippen LogP contribution in [0.25, 0.3) is 0 Å². The number of hydrogen-bond donors (Lipinski definition) is 3. The largest absolute Gasteiger partial charge is 0.388 e. The molecule has 5 nitrogen and oxygen atoms in total. The number of hydrogen-bond acceptors (Lipinski definition) is 3. The van der Waals surface area contributed by atoms with Gasteiger partial charge >= 0.3 is 0 Å². The highest BCUT2D eigenvalue weighted by atomic mass is 19.1. The van der Waals surface area contributed by atoms with E-state index >= 15 is 0 Å². The first-order valence-electron chi connectivity index (χ1n) is 8.49. The number of carbonyl (C=O) groups excluding carboxylic acids is 2. The number of benzene rings is 1. The van der Waals surface area contributed by atoms with Gasteiger partial charge in [0.1, 0.15) is 5.82 Å². The van der Waals surface area contributed by atoms with Gasteiger partial charge in [0.15, 0.2) is 0 Å². The summed E-state index contributed by atoms with van der Waals surface area (Å²) in [5.41, 5.74) is -0.495. The SMILES string of the molecule is CC1CC1C(=O)Nc1ccc(F)cc1C(=O)NCC1(O)CCCC1. The Kier molecular flexibility index (Phi) is 4.58. The molecular weight excluding hydrogens is 311 g/mol. The Bertz CT molecular complexity index is 656. The van der Waals surface area contributed by atoms with Gasteiger partial charge in [-0.25, -0.2) is 4.39 Å². The number of amides is 2. The normalized spacial score (nSPS) is 24.5. The fourth-order valence-electron chi connectivity index (χ4n) is 3.28. The molecule has 2 aliphatic rings. The summed E-state index contributed by atoms with van der Waals surface area (Å²) in [7, 11) is 0. The van der Waals surface area contributed by atoms with Gasteiger partial charge in [0, 0.05) is 12.5 Å². The second kappa shape index (κ2) is 6.51. The van der Waals surface area contributed by atoms with Crippen LogP contribution in [0.2, 0.25) is 0 Å². The number of nitrogens with one attached hydrogen (secondary N) is 2. The van der Waals surface area contributed by atoms with Crippen LogP contribution in [0.3, 0.4) is 0 Å². The van der Waals surface area contributed by atoms with E-state index in [1.165, 1.54) is 12.1 Å². The van der Waals surface area contributed by atoms with Crippen LogP contribution in [0, 0.1) is 17.7 Å². The van der Waals surface area contributed by atoms with Gasteiger partial charge in [0.05, 0.1) is 16.9 Å². The lowest BCUT2D eigenvalue weighted by Crippen LogP contribution is -2.41. The Hall–Kier alpha value is -1.95. The molecule has 3 rings (SSSR count). The van der Waals surface area contributed by atoms with Crippen molar-refractivity contribution in [2.45, 2.75) is 44.6 Å². The molecule has 2 unspecified atom stereocenters. The zero-order valence-electron chi connectivity index (χ0n) is 13.8. The lowest BCUT2D eigenvalue weighted by molar-refractivity contribution is -0.117. The minimum atomic E-state index is -0.879. The summed E-state index contributed by atoms with van der Waals surface area (Å²) in [6.07, 6.45) is 4.02. The molecule has 1 aromatic rings. The third-order valence-corrected chi connectivity index (χ3v) is 5.04. The molecule has 2 amide bonds. The van der Waals surface area contributed by atoms with Crippen molar-refractivity contribution in [3.8, 4) is 0 Å². The molecule has 2 aliphatic carbocycles. The molecule has 1 aromatic carbocycles. The van der Waals surface area contributed by atoms with E-state index in [1.807, 2.05) is 6.92 Å². The van der Waals surface area contributed by atoms with Gasteiger partial charge in [-0.1, -0.05) is 19.8 Å². The zero-order chi connectivity index (χ0) is 17.3. The maximum Gasteiger partial charge on any atom is 0.253 e. The fraction of sp³-hybridized carbons (Fsp3) is 0.556. The van der Waals surface area contributed by atoms with Crippen molar-refractivity contribution < 1.29 is 19.1 Å². The molecule has 0 radical (unpaired) electrons. The topological polar surface area (TPSA) is 78.4 Å². The molecule has 0 saturated heterocycles. The van der Waals surface area contributed by atoms with Crippen LogP contribution in [0.1, 0.15) is 49.4 Å². The van der Waals surface area contributed by atoms with E-state index in [2.05, 4.69) is 10.6 Å². The average Bonchev–Trinajstić information content (AvgIpc) is 3.12. The van der Waals surface area contributed by atoms with E-state index in [1.54, 1.807) is 0 Å². The van der Waals surface area contributed by atoms with Gasteiger partial charge in [-0.3, -0.25) is 9.59 Å². The highest BCUT2D eigenvalue weighted by molar-refractivity contribution is 6.04. The highest BCUT2D eigenvalue weighted by Gasteiger charge is 2.39. The molecular formula is C18H23FN2O3. The minimum absolute atomic E-state index is 0.0369. The second-order valence-electron chi connectivity index (χ2n) is 7.11. The first-order valence-corrected chi connectivity index (χ1v) is 8.49. The molecule has 24 heavy (non-hydrogen) atoms.